The van der Waals surface area contributed by atoms with Gasteiger partial charge in [-0.3, -0.25) is 15.1 Å². The van der Waals surface area contributed by atoms with Crippen LogP contribution in [-0.2, 0) is 0 Å². The summed E-state index contributed by atoms with van der Waals surface area (Å²) in [6.07, 6.45) is 6.12. The van der Waals surface area contributed by atoms with E-state index in [1.807, 2.05) is 29.1 Å². The summed E-state index contributed by atoms with van der Waals surface area (Å²) >= 11 is 1.38. The van der Waals surface area contributed by atoms with Crippen LogP contribution in [0.1, 0.15) is 42.4 Å². The zero-order valence-electron chi connectivity index (χ0n) is 15.9. The average molecular weight is 392 g/mol. The lowest BCUT2D eigenvalue weighted by atomic mass is 10.1. The number of pyridine rings is 2. The van der Waals surface area contributed by atoms with E-state index >= 15 is 0 Å². The number of nitrogens with zero attached hydrogens (tertiary/aromatic N) is 5. The van der Waals surface area contributed by atoms with E-state index in [0.29, 0.717) is 10.7 Å². The summed E-state index contributed by atoms with van der Waals surface area (Å²) < 4.78 is 1.88. The van der Waals surface area contributed by atoms with Gasteiger partial charge >= 0.3 is 0 Å². The van der Waals surface area contributed by atoms with Crippen LogP contribution in [0.3, 0.4) is 0 Å². The van der Waals surface area contributed by atoms with Crippen LogP contribution in [0.5, 0.6) is 0 Å². The summed E-state index contributed by atoms with van der Waals surface area (Å²) in [5, 5.41) is 10.5. The Balaban J connectivity index is 1.65. The Bertz CT molecular complexity index is 1130. The number of thiazole rings is 1. The van der Waals surface area contributed by atoms with Gasteiger partial charge in [-0.1, -0.05) is 6.92 Å². The SMILES string of the molecule is CC[C@H](C)n1ncc2c(C(=O)Nc3nc(-c4cccnc4)cs3)cc(C)nc21. The van der Waals surface area contributed by atoms with Gasteiger partial charge in [0.05, 0.1) is 28.9 Å². The van der Waals surface area contributed by atoms with E-state index in [1.54, 1.807) is 24.7 Å². The number of carbonyl (C=O) groups excluding carboxylic acids is 1. The van der Waals surface area contributed by atoms with Crippen molar-refractivity contribution in [3.05, 3.63) is 53.4 Å². The predicted octanol–water partition coefficient (Wildman–Crippen LogP) is 4.48. The molecular weight excluding hydrogens is 372 g/mol. The summed E-state index contributed by atoms with van der Waals surface area (Å²) in [5.74, 6) is -0.216. The molecule has 4 aromatic rings. The lowest BCUT2D eigenvalue weighted by molar-refractivity contribution is 0.102. The minimum absolute atomic E-state index is 0.212. The maximum Gasteiger partial charge on any atom is 0.258 e. The first-order chi connectivity index (χ1) is 13.6. The number of carbonyl (C=O) groups is 1. The zero-order chi connectivity index (χ0) is 19.7. The Hall–Kier alpha value is -3.13. The van der Waals surface area contributed by atoms with E-state index in [-0.39, 0.29) is 11.9 Å². The molecule has 0 bridgehead atoms. The van der Waals surface area contributed by atoms with Crippen molar-refractivity contribution in [2.45, 2.75) is 33.2 Å². The summed E-state index contributed by atoms with van der Waals surface area (Å²) in [5.41, 5.74) is 3.76. The smallest absolute Gasteiger partial charge is 0.258 e. The van der Waals surface area contributed by atoms with Gasteiger partial charge in [-0.2, -0.15) is 5.10 Å². The van der Waals surface area contributed by atoms with Crippen molar-refractivity contribution in [3.8, 4) is 11.3 Å². The van der Waals surface area contributed by atoms with Crippen LogP contribution in [0.4, 0.5) is 5.13 Å². The van der Waals surface area contributed by atoms with Gasteiger partial charge < -0.3 is 0 Å². The van der Waals surface area contributed by atoms with Crippen molar-refractivity contribution in [1.82, 2.24) is 24.7 Å². The van der Waals surface area contributed by atoms with Crippen LogP contribution in [0.25, 0.3) is 22.3 Å². The highest BCUT2D eigenvalue weighted by molar-refractivity contribution is 7.14. The molecule has 0 spiro atoms. The number of hydrogen-bond donors (Lipinski definition) is 1. The molecule has 28 heavy (non-hydrogen) atoms. The predicted molar refractivity (Wildman–Crippen MR) is 111 cm³/mol. The van der Waals surface area contributed by atoms with Crippen molar-refractivity contribution in [3.63, 3.8) is 0 Å². The first kappa shape index (κ1) is 18.2. The van der Waals surface area contributed by atoms with Gasteiger partial charge in [0.2, 0.25) is 0 Å². The highest BCUT2D eigenvalue weighted by Gasteiger charge is 2.18. The van der Waals surface area contributed by atoms with Crippen LogP contribution >= 0.6 is 11.3 Å². The maximum absolute atomic E-state index is 13.0. The molecule has 0 aromatic carbocycles. The molecule has 4 heterocycles. The van der Waals surface area contributed by atoms with Gasteiger partial charge in [0.25, 0.3) is 5.91 Å². The van der Waals surface area contributed by atoms with Crippen LogP contribution in [0.2, 0.25) is 0 Å². The first-order valence-electron chi connectivity index (χ1n) is 9.09. The third-order valence-electron chi connectivity index (χ3n) is 4.63. The molecule has 0 aliphatic carbocycles. The molecule has 0 aliphatic rings. The second-order valence-corrected chi connectivity index (χ2v) is 7.49. The summed E-state index contributed by atoms with van der Waals surface area (Å²) in [7, 11) is 0. The molecule has 0 aliphatic heterocycles. The zero-order valence-corrected chi connectivity index (χ0v) is 16.7. The molecule has 7 nitrogen and oxygen atoms in total. The molecule has 8 heteroatoms. The Morgan fingerprint density at radius 3 is 2.93 bits per heavy atom. The van der Waals surface area contributed by atoms with Crippen LogP contribution in [0.15, 0.2) is 42.2 Å². The molecule has 0 unspecified atom stereocenters. The van der Waals surface area contributed by atoms with E-state index < -0.39 is 0 Å². The molecule has 0 saturated heterocycles. The van der Waals surface area contributed by atoms with Gasteiger partial charge in [-0.15, -0.1) is 11.3 Å². The number of aryl methyl sites for hydroxylation is 1. The minimum Gasteiger partial charge on any atom is -0.298 e. The second kappa shape index (κ2) is 7.47. The molecule has 4 rings (SSSR count). The Morgan fingerprint density at radius 2 is 2.18 bits per heavy atom. The van der Waals surface area contributed by atoms with Crippen molar-refractivity contribution in [2.75, 3.05) is 5.32 Å². The van der Waals surface area contributed by atoms with Gasteiger partial charge in [-0.25, -0.2) is 14.6 Å². The first-order valence-corrected chi connectivity index (χ1v) is 9.97. The van der Waals surface area contributed by atoms with Gasteiger partial charge in [0, 0.05) is 29.0 Å². The average Bonchev–Trinajstić information content (AvgIpc) is 3.34. The number of amides is 1. The molecular formula is C20H20N6OS. The van der Waals surface area contributed by atoms with Gasteiger partial charge in [-0.05, 0) is 38.5 Å². The standard InChI is InChI=1S/C20H20N6OS/c1-4-13(3)26-18-16(10-22-26)15(8-12(2)23-18)19(27)25-20-24-17(11-28-20)14-6-5-7-21-9-14/h5-11,13H,4H2,1-3H3,(H,24,25,27)/t13-/m0/s1. The molecule has 0 radical (unpaired) electrons. The molecule has 4 aromatic heterocycles. The van der Waals surface area contributed by atoms with E-state index in [1.165, 1.54) is 11.3 Å². The third kappa shape index (κ3) is 3.38. The largest absolute Gasteiger partial charge is 0.298 e. The number of hydrogen-bond acceptors (Lipinski definition) is 6. The van der Waals surface area contributed by atoms with E-state index in [2.05, 4.69) is 39.2 Å². The molecule has 1 amide bonds. The second-order valence-electron chi connectivity index (χ2n) is 6.63. The maximum atomic E-state index is 13.0. The summed E-state index contributed by atoms with van der Waals surface area (Å²) in [4.78, 5) is 26.2. The number of nitrogens with one attached hydrogen (secondary N) is 1. The Morgan fingerprint density at radius 1 is 1.32 bits per heavy atom. The number of aromatic nitrogens is 5. The molecule has 0 saturated carbocycles. The third-order valence-corrected chi connectivity index (χ3v) is 5.39. The summed E-state index contributed by atoms with van der Waals surface area (Å²) in [6, 6.07) is 5.80. The van der Waals surface area contributed by atoms with Crippen molar-refractivity contribution < 1.29 is 4.79 Å². The van der Waals surface area contributed by atoms with E-state index in [4.69, 9.17) is 0 Å². The lowest BCUT2D eigenvalue weighted by Gasteiger charge is -2.11. The normalized spacial score (nSPS) is 12.2. The number of rotatable bonds is 5. The van der Waals surface area contributed by atoms with Crippen LogP contribution in [0, 0.1) is 6.92 Å². The lowest BCUT2D eigenvalue weighted by Crippen LogP contribution is -2.13. The Kier molecular flexibility index (Phi) is 4.87. The highest BCUT2D eigenvalue weighted by atomic mass is 32.1. The quantitative estimate of drug-likeness (QED) is 0.541. The fraction of sp³-hybridized carbons (Fsp3) is 0.250. The fourth-order valence-electron chi connectivity index (χ4n) is 2.97. The Labute approximate surface area is 166 Å². The van der Waals surface area contributed by atoms with E-state index in [9.17, 15) is 4.79 Å². The number of fused-ring (bicyclic) bond motifs is 1. The minimum atomic E-state index is -0.216. The summed E-state index contributed by atoms with van der Waals surface area (Å²) in [6.45, 7) is 6.07. The monoisotopic (exact) mass is 392 g/mol. The van der Waals surface area contributed by atoms with Gasteiger partial charge in [0.1, 0.15) is 0 Å². The van der Waals surface area contributed by atoms with Crippen molar-refractivity contribution in [1.29, 1.82) is 0 Å². The molecule has 1 N–H and O–H groups in total. The van der Waals surface area contributed by atoms with Crippen LogP contribution < -0.4 is 5.32 Å². The van der Waals surface area contributed by atoms with Crippen molar-refractivity contribution >= 4 is 33.4 Å². The topological polar surface area (TPSA) is 85.6 Å². The molecule has 0 fully saturated rings. The molecule has 142 valence electrons. The fourth-order valence-corrected chi connectivity index (χ4v) is 3.68. The van der Waals surface area contributed by atoms with Gasteiger partial charge in [0.15, 0.2) is 10.8 Å². The van der Waals surface area contributed by atoms with Crippen molar-refractivity contribution in [2.24, 2.45) is 0 Å². The van der Waals surface area contributed by atoms with E-state index in [0.717, 1.165) is 34.4 Å². The van der Waals surface area contributed by atoms with Crippen LogP contribution in [-0.4, -0.2) is 30.6 Å². The highest BCUT2D eigenvalue weighted by Crippen LogP contribution is 2.26. The number of anilines is 1. The molecule has 1 atom stereocenters.